The lowest BCUT2D eigenvalue weighted by atomic mass is 10.00. The van der Waals surface area contributed by atoms with Crippen LogP contribution in [0.15, 0.2) is 53.1 Å². The number of rotatable bonds is 9. The smallest absolute Gasteiger partial charge is 0.261 e. The topological polar surface area (TPSA) is 67.3 Å². The Hall–Kier alpha value is -2.26. The number of thiophene rings is 1. The van der Waals surface area contributed by atoms with Gasteiger partial charge in [0.2, 0.25) is 0 Å². The van der Waals surface area contributed by atoms with E-state index in [-0.39, 0.29) is 12.0 Å². The average molecular weight is 511 g/mol. The Kier molecular flexibility index (Phi) is 9.31. The molecule has 0 spiro atoms. The van der Waals surface area contributed by atoms with E-state index < -0.39 is 0 Å². The van der Waals surface area contributed by atoms with Crippen LogP contribution in [-0.4, -0.2) is 42.3 Å². The number of nitrogens with one attached hydrogen (secondary N) is 1. The summed E-state index contributed by atoms with van der Waals surface area (Å²) >= 11 is 3.24. The number of carbonyl (C=O) groups excluding carboxylic acids is 1. The molecule has 2 atom stereocenters. The number of hydrogen-bond acceptors (Lipinski definition) is 7. The zero-order valence-corrected chi connectivity index (χ0v) is 22.3. The number of nitrogens with zero attached hydrogens (tertiary/aromatic N) is 3. The lowest BCUT2D eigenvalue weighted by Gasteiger charge is -2.24. The number of amides is 1. The van der Waals surface area contributed by atoms with Crippen LogP contribution in [0.5, 0.6) is 0 Å². The Morgan fingerprint density at radius 3 is 2.80 bits per heavy atom. The molecule has 1 aliphatic rings. The van der Waals surface area contributed by atoms with Crippen LogP contribution in [0.2, 0.25) is 0 Å². The van der Waals surface area contributed by atoms with Crippen LogP contribution < -0.4 is 10.2 Å². The average Bonchev–Trinajstić information content (AvgIpc) is 3.43. The zero-order valence-electron chi connectivity index (χ0n) is 20.7. The van der Waals surface area contributed by atoms with E-state index in [1.165, 1.54) is 16.6 Å². The minimum atomic E-state index is -0.0180. The van der Waals surface area contributed by atoms with Crippen molar-refractivity contribution >= 4 is 34.7 Å². The van der Waals surface area contributed by atoms with Gasteiger partial charge >= 0.3 is 0 Å². The highest BCUT2D eigenvalue weighted by atomic mass is 32.2. The van der Waals surface area contributed by atoms with Crippen LogP contribution in [0, 0.1) is 5.92 Å². The Morgan fingerprint density at radius 2 is 2.09 bits per heavy atom. The second-order valence-electron chi connectivity index (χ2n) is 8.98. The van der Waals surface area contributed by atoms with Gasteiger partial charge in [0.05, 0.1) is 24.0 Å². The highest BCUT2D eigenvalue weighted by molar-refractivity contribution is 7.98. The molecule has 1 aliphatic heterocycles. The van der Waals surface area contributed by atoms with Crippen molar-refractivity contribution in [3.05, 3.63) is 69.7 Å². The molecule has 6 nitrogen and oxygen atoms in total. The predicted molar refractivity (Wildman–Crippen MR) is 144 cm³/mol. The number of aromatic nitrogens is 2. The quantitative estimate of drug-likeness (QED) is 0.292. The summed E-state index contributed by atoms with van der Waals surface area (Å²) in [5.41, 5.74) is 3.47. The van der Waals surface area contributed by atoms with Crippen LogP contribution in [-0.2, 0) is 17.8 Å². The number of hydrogen-bond donors (Lipinski definition) is 1. The molecule has 0 bridgehead atoms. The molecule has 1 amide bonds. The Morgan fingerprint density at radius 1 is 1.26 bits per heavy atom. The Balaban J connectivity index is 1.50. The monoisotopic (exact) mass is 510 g/mol. The predicted octanol–water partition coefficient (Wildman–Crippen LogP) is 5.75. The van der Waals surface area contributed by atoms with E-state index in [0.29, 0.717) is 24.6 Å². The molecule has 8 heteroatoms. The molecule has 3 heterocycles. The molecule has 2 unspecified atom stereocenters. The summed E-state index contributed by atoms with van der Waals surface area (Å²) < 4.78 is 6.29. The van der Waals surface area contributed by atoms with Gasteiger partial charge in [-0.2, -0.15) is 0 Å². The lowest BCUT2D eigenvalue weighted by Crippen LogP contribution is -2.33. The van der Waals surface area contributed by atoms with Gasteiger partial charge in [-0.05, 0) is 80.6 Å². The first kappa shape index (κ1) is 25.8. The van der Waals surface area contributed by atoms with E-state index in [0.717, 1.165) is 54.3 Å². The second-order valence-corrected chi connectivity index (χ2v) is 10.7. The van der Waals surface area contributed by atoms with Crippen molar-refractivity contribution in [2.45, 2.75) is 50.5 Å². The second kappa shape index (κ2) is 12.6. The van der Waals surface area contributed by atoms with E-state index in [1.807, 2.05) is 30.3 Å². The maximum absolute atomic E-state index is 13.6. The normalized spacial score (nSPS) is 17.4. The van der Waals surface area contributed by atoms with Crippen molar-refractivity contribution in [3.63, 3.8) is 0 Å². The maximum Gasteiger partial charge on any atom is 0.261 e. The minimum absolute atomic E-state index is 0.0180. The van der Waals surface area contributed by atoms with E-state index in [1.54, 1.807) is 17.5 Å². The molecular formula is C27H34N4O2S2. The van der Waals surface area contributed by atoms with Gasteiger partial charge < -0.3 is 15.0 Å². The molecule has 2 aromatic heterocycles. The van der Waals surface area contributed by atoms with E-state index in [4.69, 9.17) is 4.74 Å². The molecule has 0 saturated heterocycles. The van der Waals surface area contributed by atoms with Gasteiger partial charge in [0.25, 0.3) is 5.91 Å². The number of anilines is 1. The molecule has 0 saturated carbocycles. The third-order valence-electron chi connectivity index (χ3n) is 6.44. The Bertz CT molecular complexity index is 1090. The van der Waals surface area contributed by atoms with E-state index in [2.05, 4.69) is 51.9 Å². The molecule has 186 valence electrons. The molecule has 0 aliphatic carbocycles. The van der Waals surface area contributed by atoms with Crippen LogP contribution in [0.3, 0.4) is 0 Å². The zero-order chi connectivity index (χ0) is 24.6. The summed E-state index contributed by atoms with van der Waals surface area (Å²) in [4.78, 5) is 25.8. The fourth-order valence-electron chi connectivity index (χ4n) is 4.26. The summed E-state index contributed by atoms with van der Waals surface area (Å²) in [5, 5.41) is 6.02. The highest BCUT2D eigenvalue weighted by Gasteiger charge is 2.25. The summed E-state index contributed by atoms with van der Waals surface area (Å²) in [6, 6.07) is 12.4. The lowest BCUT2D eigenvalue weighted by molar-refractivity contribution is 0.0367. The minimum Gasteiger partial charge on any atom is -0.368 e. The summed E-state index contributed by atoms with van der Waals surface area (Å²) in [6.07, 6.45) is 7.46. The van der Waals surface area contributed by atoms with Gasteiger partial charge in [0, 0.05) is 23.3 Å². The summed E-state index contributed by atoms with van der Waals surface area (Å²) in [7, 11) is 1.96. The highest BCUT2D eigenvalue weighted by Crippen LogP contribution is 2.28. The first-order chi connectivity index (χ1) is 17.1. The molecular weight excluding hydrogens is 476 g/mol. The number of carbonyl (C=O) groups is 1. The number of benzene rings is 1. The van der Waals surface area contributed by atoms with E-state index >= 15 is 0 Å². The van der Waals surface area contributed by atoms with Crippen LogP contribution >= 0.6 is 23.1 Å². The Labute approximate surface area is 216 Å². The van der Waals surface area contributed by atoms with Gasteiger partial charge in [0.15, 0.2) is 5.16 Å². The molecule has 1 aromatic carbocycles. The molecule has 0 radical (unpaired) electrons. The molecule has 1 N–H and O–H groups in total. The third-order valence-corrected chi connectivity index (χ3v) is 7.97. The summed E-state index contributed by atoms with van der Waals surface area (Å²) in [5.74, 6) is 0.499. The van der Waals surface area contributed by atoms with Crippen LogP contribution in [0.4, 0.5) is 5.69 Å². The first-order valence-electron chi connectivity index (χ1n) is 12.2. The van der Waals surface area contributed by atoms with Gasteiger partial charge in [0.1, 0.15) is 0 Å². The fourth-order valence-corrected chi connectivity index (χ4v) is 5.43. The number of thioether (sulfide) groups is 1. The number of ether oxygens (including phenoxy) is 1. The summed E-state index contributed by atoms with van der Waals surface area (Å²) in [6.45, 7) is 4.37. The largest absolute Gasteiger partial charge is 0.368 e. The van der Waals surface area contributed by atoms with Crippen LogP contribution in [0.25, 0.3) is 0 Å². The van der Waals surface area contributed by atoms with Gasteiger partial charge in [-0.25, -0.2) is 9.97 Å². The first-order valence-corrected chi connectivity index (χ1v) is 14.3. The van der Waals surface area contributed by atoms with E-state index in [9.17, 15) is 4.79 Å². The maximum atomic E-state index is 13.6. The molecule has 4 rings (SSSR count). The van der Waals surface area contributed by atoms with Crippen LogP contribution in [0.1, 0.15) is 58.8 Å². The van der Waals surface area contributed by atoms with Crippen molar-refractivity contribution in [2.75, 3.05) is 31.3 Å². The standard InChI is InChI=1S/C27H34N4O2S2/c1-19-6-11-23-22(17-29-27(30-23)34-3)26(32)31(15-13-19)21-9-7-20(8-10-21)18-33-24(12-14-28-2)25-5-4-16-35-25/h4-5,7-10,16-17,19,24,28H,6,11-15,18H2,1-3H3. The number of fused-ring (bicyclic) bond motifs is 1. The SMILES string of the molecule is CNCCC(OCc1ccc(N2CCC(C)CCc3nc(SC)ncc3C2=O)cc1)c1cccs1. The van der Waals surface area contributed by atoms with Crippen molar-refractivity contribution in [1.29, 1.82) is 0 Å². The molecule has 35 heavy (non-hydrogen) atoms. The molecule has 3 aromatic rings. The number of aryl methyl sites for hydroxylation is 1. The van der Waals surface area contributed by atoms with Crippen molar-refractivity contribution < 1.29 is 9.53 Å². The van der Waals surface area contributed by atoms with Gasteiger partial charge in [-0.1, -0.05) is 36.9 Å². The van der Waals surface area contributed by atoms with Gasteiger partial charge in [-0.3, -0.25) is 4.79 Å². The molecule has 0 fully saturated rings. The fraction of sp³-hybridized carbons (Fsp3) is 0.444. The third kappa shape index (κ3) is 6.70. The van der Waals surface area contributed by atoms with Gasteiger partial charge in [-0.15, -0.1) is 11.3 Å². The van der Waals surface area contributed by atoms with Crippen molar-refractivity contribution in [1.82, 2.24) is 15.3 Å². The van der Waals surface area contributed by atoms with Crippen molar-refractivity contribution in [2.24, 2.45) is 5.92 Å². The van der Waals surface area contributed by atoms with Crippen molar-refractivity contribution in [3.8, 4) is 0 Å².